The maximum Gasteiger partial charge on any atom is 0.307 e. The summed E-state index contributed by atoms with van der Waals surface area (Å²) in [6.45, 7) is 1.48. The van der Waals surface area contributed by atoms with Crippen molar-refractivity contribution in [1.82, 2.24) is 4.98 Å². The molecule has 20 heavy (non-hydrogen) atoms. The van der Waals surface area contributed by atoms with Crippen LogP contribution >= 0.6 is 11.8 Å². The molecule has 1 aromatic heterocycles. The van der Waals surface area contributed by atoms with Crippen molar-refractivity contribution in [2.45, 2.75) is 23.1 Å². The Kier molecular flexibility index (Phi) is 4.53. The van der Waals surface area contributed by atoms with Gasteiger partial charge in [0, 0.05) is 22.9 Å². The number of pyridine rings is 1. The Morgan fingerprint density at radius 3 is 2.25 bits per heavy atom. The molecule has 0 aliphatic rings. The van der Waals surface area contributed by atoms with E-state index in [2.05, 4.69) is 4.98 Å². The second-order valence-electron chi connectivity index (χ2n) is 4.25. The summed E-state index contributed by atoms with van der Waals surface area (Å²) in [7, 11) is 0. The number of aliphatic carboxylic acids is 1. The molecule has 0 saturated carbocycles. The van der Waals surface area contributed by atoms with E-state index in [9.17, 15) is 9.59 Å². The summed E-state index contributed by atoms with van der Waals surface area (Å²) in [5, 5.41) is 8.70. The molecule has 0 bridgehead atoms. The third-order valence-electron chi connectivity index (χ3n) is 2.61. The maximum absolute atomic E-state index is 11.1. The van der Waals surface area contributed by atoms with Crippen LogP contribution in [0.3, 0.4) is 0 Å². The van der Waals surface area contributed by atoms with E-state index in [0.29, 0.717) is 5.69 Å². The van der Waals surface area contributed by atoms with E-state index < -0.39 is 5.97 Å². The van der Waals surface area contributed by atoms with Gasteiger partial charge in [0.15, 0.2) is 5.78 Å². The first kappa shape index (κ1) is 14.3. The first-order valence-corrected chi connectivity index (χ1v) is 6.82. The fourth-order valence-electron chi connectivity index (χ4n) is 1.63. The molecule has 0 atom stereocenters. The Balaban J connectivity index is 2.06. The van der Waals surface area contributed by atoms with E-state index in [0.717, 1.165) is 15.4 Å². The fraction of sp³-hybridized carbons (Fsp3) is 0.133. The van der Waals surface area contributed by atoms with Crippen LogP contribution in [0, 0.1) is 0 Å². The van der Waals surface area contributed by atoms with Gasteiger partial charge in [-0.25, -0.2) is 0 Å². The average molecular weight is 287 g/mol. The van der Waals surface area contributed by atoms with Gasteiger partial charge in [0.25, 0.3) is 0 Å². The zero-order chi connectivity index (χ0) is 14.5. The smallest absolute Gasteiger partial charge is 0.307 e. The van der Waals surface area contributed by atoms with Gasteiger partial charge in [0.05, 0.1) is 6.42 Å². The minimum Gasteiger partial charge on any atom is -0.481 e. The van der Waals surface area contributed by atoms with Crippen LogP contribution < -0.4 is 0 Å². The molecule has 0 fully saturated rings. The van der Waals surface area contributed by atoms with Crippen molar-refractivity contribution in [3.8, 4) is 0 Å². The monoisotopic (exact) mass is 287 g/mol. The summed E-state index contributed by atoms with van der Waals surface area (Å²) in [5.74, 6) is -0.894. The molecule has 0 spiro atoms. The third kappa shape index (κ3) is 3.93. The lowest BCUT2D eigenvalue weighted by Crippen LogP contribution is -1.99. The normalized spacial score (nSPS) is 10.2. The first-order valence-electron chi connectivity index (χ1n) is 6.00. The van der Waals surface area contributed by atoms with Crippen LogP contribution in [0.5, 0.6) is 0 Å². The largest absolute Gasteiger partial charge is 0.481 e. The Labute approximate surface area is 120 Å². The molecular weight excluding hydrogens is 274 g/mol. The lowest BCUT2D eigenvalue weighted by molar-refractivity contribution is -0.136. The van der Waals surface area contributed by atoms with Gasteiger partial charge in [-0.2, -0.15) is 0 Å². The highest BCUT2D eigenvalue weighted by Crippen LogP contribution is 2.27. The van der Waals surface area contributed by atoms with Crippen molar-refractivity contribution in [3.05, 3.63) is 53.9 Å². The molecule has 5 heteroatoms. The molecule has 102 valence electrons. The molecule has 2 aromatic rings. The van der Waals surface area contributed by atoms with Crippen LogP contribution in [0.4, 0.5) is 0 Å². The molecule has 0 amide bonds. The van der Waals surface area contributed by atoms with Gasteiger partial charge in [0.2, 0.25) is 0 Å². The number of nitrogens with zero attached hydrogens (tertiary/aromatic N) is 1. The molecule has 2 rings (SSSR count). The van der Waals surface area contributed by atoms with E-state index in [1.807, 2.05) is 18.2 Å². The van der Waals surface area contributed by atoms with Gasteiger partial charge >= 0.3 is 5.97 Å². The zero-order valence-corrected chi connectivity index (χ0v) is 11.7. The van der Waals surface area contributed by atoms with Crippen molar-refractivity contribution >= 4 is 23.5 Å². The van der Waals surface area contributed by atoms with Crippen LogP contribution in [-0.4, -0.2) is 21.8 Å². The number of carbonyl (C=O) groups is 2. The van der Waals surface area contributed by atoms with Crippen molar-refractivity contribution < 1.29 is 14.7 Å². The molecule has 0 unspecified atom stereocenters. The maximum atomic E-state index is 11.1. The highest BCUT2D eigenvalue weighted by atomic mass is 32.2. The molecule has 1 heterocycles. The first-order chi connectivity index (χ1) is 9.54. The van der Waals surface area contributed by atoms with E-state index in [4.69, 9.17) is 5.11 Å². The quantitative estimate of drug-likeness (QED) is 0.856. The number of carboxylic acids is 1. The van der Waals surface area contributed by atoms with E-state index in [-0.39, 0.29) is 12.2 Å². The summed E-state index contributed by atoms with van der Waals surface area (Å²) < 4.78 is 0. The SMILES string of the molecule is CC(=O)c1ccc(Sc2ccc(CC(=O)O)cc2)cn1. The number of ketones is 1. The van der Waals surface area contributed by atoms with Crippen molar-refractivity contribution in [1.29, 1.82) is 0 Å². The van der Waals surface area contributed by atoms with Gasteiger partial charge in [-0.1, -0.05) is 23.9 Å². The van der Waals surface area contributed by atoms with E-state index >= 15 is 0 Å². The number of rotatable bonds is 5. The lowest BCUT2D eigenvalue weighted by atomic mass is 10.2. The number of hydrogen-bond donors (Lipinski definition) is 1. The Morgan fingerprint density at radius 1 is 1.10 bits per heavy atom. The minimum absolute atomic E-state index is 0.0276. The second kappa shape index (κ2) is 6.34. The molecule has 4 nitrogen and oxygen atoms in total. The van der Waals surface area contributed by atoms with Gasteiger partial charge in [-0.05, 0) is 29.8 Å². The summed E-state index contributed by atoms with van der Waals surface area (Å²) in [5.41, 5.74) is 1.22. The van der Waals surface area contributed by atoms with Crippen LogP contribution in [0.2, 0.25) is 0 Å². The number of Topliss-reactive ketones (excluding diaryl/α,β-unsaturated/α-hetero) is 1. The summed E-state index contributed by atoms with van der Waals surface area (Å²) in [4.78, 5) is 27.7. The molecule has 0 aliphatic carbocycles. The zero-order valence-electron chi connectivity index (χ0n) is 10.9. The van der Waals surface area contributed by atoms with Gasteiger partial charge in [0.1, 0.15) is 5.69 Å². The standard InChI is InChI=1S/C15H13NO3S/c1-10(17)14-7-6-13(9-16-14)20-12-4-2-11(3-5-12)8-15(18)19/h2-7,9H,8H2,1H3,(H,18,19). The van der Waals surface area contributed by atoms with Crippen LogP contribution in [0.25, 0.3) is 0 Å². The van der Waals surface area contributed by atoms with E-state index in [1.165, 1.54) is 18.7 Å². The highest BCUT2D eigenvalue weighted by molar-refractivity contribution is 7.99. The van der Waals surface area contributed by atoms with Crippen molar-refractivity contribution in [2.75, 3.05) is 0 Å². The van der Waals surface area contributed by atoms with Crippen LogP contribution in [0.1, 0.15) is 23.0 Å². The fourth-order valence-corrected chi connectivity index (χ4v) is 2.42. The number of carbonyl (C=O) groups excluding carboxylic acids is 1. The number of aromatic nitrogens is 1. The summed E-state index contributed by atoms with van der Waals surface area (Å²) in [6.07, 6.45) is 1.69. The molecule has 1 aromatic carbocycles. The lowest BCUT2D eigenvalue weighted by Gasteiger charge is -2.03. The number of hydrogen-bond acceptors (Lipinski definition) is 4. The summed E-state index contributed by atoms with van der Waals surface area (Å²) >= 11 is 1.51. The topological polar surface area (TPSA) is 67.3 Å². The molecular formula is C15H13NO3S. The third-order valence-corrected chi connectivity index (χ3v) is 3.60. The Hall–Kier alpha value is -2.14. The molecule has 0 saturated heterocycles. The van der Waals surface area contributed by atoms with Crippen LogP contribution in [0.15, 0.2) is 52.4 Å². The molecule has 0 aliphatic heterocycles. The predicted molar refractivity (Wildman–Crippen MR) is 76.1 cm³/mol. The van der Waals surface area contributed by atoms with Gasteiger partial charge in [-0.3, -0.25) is 14.6 Å². The minimum atomic E-state index is -0.838. The van der Waals surface area contributed by atoms with E-state index in [1.54, 1.807) is 24.4 Å². The Bertz CT molecular complexity index is 621. The van der Waals surface area contributed by atoms with Crippen molar-refractivity contribution in [2.24, 2.45) is 0 Å². The second-order valence-corrected chi connectivity index (χ2v) is 5.40. The van der Waals surface area contributed by atoms with Gasteiger partial charge in [-0.15, -0.1) is 0 Å². The highest BCUT2D eigenvalue weighted by Gasteiger charge is 2.04. The number of benzene rings is 1. The van der Waals surface area contributed by atoms with Crippen molar-refractivity contribution in [3.63, 3.8) is 0 Å². The average Bonchev–Trinajstić information content (AvgIpc) is 2.41. The summed E-state index contributed by atoms with van der Waals surface area (Å²) in [6, 6.07) is 10.9. The predicted octanol–water partition coefficient (Wildman–Crippen LogP) is 3.06. The van der Waals surface area contributed by atoms with Gasteiger partial charge < -0.3 is 5.11 Å². The molecule has 1 N–H and O–H groups in total. The Morgan fingerprint density at radius 2 is 1.75 bits per heavy atom. The number of carboxylic acid groups (broad SMARTS) is 1. The van der Waals surface area contributed by atoms with Crippen LogP contribution in [-0.2, 0) is 11.2 Å². The molecule has 0 radical (unpaired) electrons.